The standard InChI is InChI=1S/C25H17ClN2O4/c1-30-19-7-3-5-16(13-19)25-28-20-14-18(8-9-22(20)32-25)27-24(29)23-11-10-21(31-23)15-4-2-6-17(26)12-15/h2-14H,1H3,(H,27,29). The number of rotatable bonds is 5. The number of hydrogen-bond acceptors (Lipinski definition) is 5. The SMILES string of the molecule is COc1cccc(-c2nc3cc(NC(=O)c4ccc(-c5cccc(Cl)c5)o4)ccc3o2)c1. The third kappa shape index (κ3) is 3.96. The Morgan fingerprint density at radius 3 is 2.62 bits per heavy atom. The van der Waals surface area contributed by atoms with Crippen LogP contribution in [-0.4, -0.2) is 18.0 Å². The van der Waals surface area contributed by atoms with Crippen LogP contribution < -0.4 is 10.1 Å². The van der Waals surface area contributed by atoms with Crippen molar-refractivity contribution in [3.63, 3.8) is 0 Å². The zero-order valence-corrected chi connectivity index (χ0v) is 17.7. The molecule has 0 bridgehead atoms. The van der Waals surface area contributed by atoms with Gasteiger partial charge in [0.15, 0.2) is 11.3 Å². The van der Waals surface area contributed by atoms with Gasteiger partial charge < -0.3 is 18.9 Å². The van der Waals surface area contributed by atoms with Crippen molar-refractivity contribution >= 4 is 34.3 Å². The molecule has 32 heavy (non-hydrogen) atoms. The van der Waals surface area contributed by atoms with Gasteiger partial charge in [0.25, 0.3) is 5.91 Å². The van der Waals surface area contributed by atoms with Gasteiger partial charge in [-0.2, -0.15) is 0 Å². The van der Waals surface area contributed by atoms with Crippen molar-refractivity contribution in [1.82, 2.24) is 4.98 Å². The molecule has 2 aromatic heterocycles. The minimum Gasteiger partial charge on any atom is -0.497 e. The fourth-order valence-corrected chi connectivity index (χ4v) is 3.52. The second-order valence-electron chi connectivity index (χ2n) is 7.06. The number of methoxy groups -OCH3 is 1. The number of benzene rings is 3. The number of aromatic nitrogens is 1. The average molecular weight is 445 g/mol. The van der Waals surface area contributed by atoms with E-state index in [1.54, 1.807) is 49.6 Å². The van der Waals surface area contributed by atoms with Crippen LogP contribution in [0.2, 0.25) is 5.02 Å². The molecule has 5 aromatic rings. The summed E-state index contributed by atoms with van der Waals surface area (Å²) in [4.78, 5) is 17.2. The summed E-state index contributed by atoms with van der Waals surface area (Å²) in [5, 5.41) is 3.43. The highest BCUT2D eigenvalue weighted by Gasteiger charge is 2.15. The number of nitrogens with one attached hydrogen (secondary N) is 1. The molecular formula is C25H17ClN2O4. The normalized spacial score (nSPS) is 10.9. The topological polar surface area (TPSA) is 77.5 Å². The van der Waals surface area contributed by atoms with E-state index in [0.717, 1.165) is 11.1 Å². The van der Waals surface area contributed by atoms with E-state index in [2.05, 4.69) is 10.3 Å². The van der Waals surface area contributed by atoms with Crippen molar-refractivity contribution < 1.29 is 18.4 Å². The number of ether oxygens (including phenoxy) is 1. The summed E-state index contributed by atoms with van der Waals surface area (Å²) in [7, 11) is 1.61. The molecule has 0 spiro atoms. The molecule has 0 fully saturated rings. The summed E-state index contributed by atoms with van der Waals surface area (Å²) < 4.78 is 16.8. The molecule has 0 aliphatic carbocycles. The number of halogens is 1. The fraction of sp³-hybridized carbons (Fsp3) is 0.0400. The molecular weight excluding hydrogens is 428 g/mol. The zero-order chi connectivity index (χ0) is 22.1. The second kappa shape index (κ2) is 8.24. The van der Waals surface area contributed by atoms with Crippen molar-refractivity contribution in [2.75, 3.05) is 12.4 Å². The predicted octanol–water partition coefficient (Wildman–Crippen LogP) is 6.67. The van der Waals surface area contributed by atoms with Crippen LogP contribution in [0.1, 0.15) is 10.6 Å². The lowest BCUT2D eigenvalue weighted by molar-refractivity contribution is 0.0997. The van der Waals surface area contributed by atoms with Crippen molar-refractivity contribution in [2.24, 2.45) is 0 Å². The monoisotopic (exact) mass is 444 g/mol. The van der Waals surface area contributed by atoms with Gasteiger partial charge in [0.05, 0.1) is 7.11 Å². The molecule has 0 radical (unpaired) electrons. The molecule has 6 nitrogen and oxygen atoms in total. The molecule has 3 aromatic carbocycles. The summed E-state index contributed by atoms with van der Waals surface area (Å²) in [6.07, 6.45) is 0. The first-order valence-electron chi connectivity index (χ1n) is 9.81. The predicted molar refractivity (Wildman–Crippen MR) is 123 cm³/mol. The largest absolute Gasteiger partial charge is 0.497 e. The van der Waals surface area contributed by atoms with Crippen molar-refractivity contribution in [1.29, 1.82) is 0 Å². The van der Waals surface area contributed by atoms with Gasteiger partial charge in [-0.3, -0.25) is 4.79 Å². The minimum atomic E-state index is -0.367. The Morgan fingerprint density at radius 1 is 0.938 bits per heavy atom. The van der Waals surface area contributed by atoms with Crippen LogP contribution in [0.4, 0.5) is 5.69 Å². The average Bonchev–Trinajstić information content (AvgIpc) is 3.46. The van der Waals surface area contributed by atoms with E-state index >= 15 is 0 Å². The molecule has 2 heterocycles. The van der Waals surface area contributed by atoms with Gasteiger partial charge in [0.1, 0.15) is 17.0 Å². The maximum Gasteiger partial charge on any atom is 0.291 e. The van der Waals surface area contributed by atoms with Crippen molar-refractivity contribution in [3.05, 3.63) is 89.6 Å². The van der Waals surface area contributed by atoms with Crippen LogP contribution in [0, 0.1) is 0 Å². The summed E-state index contributed by atoms with van der Waals surface area (Å²) in [5.41, 5.74) is 3.41. The molecule has 0 aliphatic rings. The fourth-order valence-electron chi connectivity index (χ4n) is 3.33. The lowest BCUT2D eigenvalue weighted by Gasteiger charge is -2.03. The molecule has 1 N–H and O–H groups in total. The number of oxazole rings is 1. The Morgan fingerprint density at radius 2 is 1.78 bits per heavy atom. The van der Waals surface area contributed by atoms with Crippen LogP contribution in [0.15, 0.2) is 87.7 Å². The van der Waals surface area contributed by atoms with E-state index in [4.69, 9.17) is 25.2 Å². The molecule has 7 heteroatoms. The molecule has 0 saturated heterocycles. The molecule has 158 valence electrons. The number of hydrogen-bond donors (Lipinski definition) is 1. The molecule has 5 rings (SSSR count). The van der Waals surface area contributed by atoms with Gasteiger partial charge >= 0.3 is 0 Å². The molecule has 0 saturated carbocycles. The van der Waals surface area contributed by atoms with E-state index in [9.17, 15) is 4.79 Å². The summed E-state index contributed by atoms with van der Waals surface area (Å²) in [5.74, 6) is 1.58. The summed E-state index contributed by atoms with van der Waals surface area (Å²) in [6, 6.07) is 23.3. The highest BCUT2D eigenvalue weighted by Crippen LogP contribution is 2.29. The number of fused-ring (bicyclic) bond motifs is 1. The highest BCUT2D eigenvalue weighted by molar-refractivity contribution is 6.30. The lowest BCUT2D eigenvalue weighted by Crippen LogP contribution is -2.10. The summed E-state index contributed by atoms with van der Waals surface area (Å²) in [6.45, 7) is 0. The second-order valence-corrected chi connectivity index (χ2v) is 7.50. The van der Waals surface area contributed by atoms with Gasteiger partial charge in [-0.1, -0.05) is 29.8 Å². The van der Waals surface area contributed by atoms with Crippen LogP contribution in [0.3, 0.4) is 0 Å². The zero-order valence-electron chi connectivity index (χ0n) is 17.0. The quantitative estimate of drug-likeness (QED) is 0.327. The van der Waals surface area contributed by atoms with Crippen LogP contribution >= 0.6 is 11.6 Å². The van der Waals surface area contributed by atoms with E-state index < -0.39 is 0 Å². The maximum atomic E-state index is 12.7. The number of anilines is 1. The Balaban J connectivity index is 1.37. The van der Waals surface area contributed by atoms with Gasteiger partial charge in [-0.25, -0.2) is 4.98 Å². The number of nitrogens with zero attached hydrogens (tertiary/aromatic N) is 1. The Bertz CT molecular complexity index is 1440. The highest BCUT2D eigenvalue weighted by atomic mass is 35.5. The maximum absolute atomic E-state index is 12.7. The first kappa shape index (κ1) is 19.9. The minimum absolute atomic E-state index is 0.192. The van der Waals surface area contributed by atoms with E-state index in [1.165, 1.54) is 0 Å². The van der Waals surface area contributed by atoms with Crippen molar-refractivity contribution in [3.8, 4) is 28.5 Å². The van der Waals surface area contributed by atoms with Crippen LogP contribution in [0.25, 0.3) is 33.9 Å². The third-order valence-electron chi connectivity index (χ3n) is 4.90. The van der Waals surface area contributed by atoms with Gasteiger partial charge in [-0.15, -0.1) is 0 Å². The van der Waals surface area contributed by atoms with Gasteiger partial charge in [0, 0.05) is 21.8 Å². The first-order chi connectivity index (χ1) is 15.6. The Kier molecular flexibility index (Phi) is 5.13. The molecule has 0 unspecified atom stereocenters. The van der Waals surface area contributed by atoms with E-state index in [0.29, 0.717) is 39.2 Å². The molecule has 0 aliphatic heterocycles. The van der Waals surface area contributed by atoms with Crippen molar-refractivity contribution in [2.45, 2.75) is 0 Å². The number of amides is 1. The number of carbonyl (C=O) groups is 1. The molecule has 1 amide bonds. The van der Waals surface area contributed by atoms with Gasteiger partial charge in [0.2, 0.25) is 5.89 Å². The van der Waals surface area contributed by atoms with Crippen LogP contribution in [-0.2, 0) is 0 Å². The van der Waals surface area contributed by atoms with Crippen LogP contribution in [0.5, 0.6) is 5.75 Å². The Hall–Kier alpha value is -4.03. The Labute approximate surface area is 188 Å². The molecule has 0 atom stereocenters. The lowest BCUT2D eigenvalue weighted by atomic mass is 10.2. The smallest absolute Gasteiger partial charge is 0.291 e. The third-order valence-corrected chi connectivity index (χ3v) is 5.14. The number of carbonyl (C=O) groups excluding carboxylic acids is 1. The first-order valence-corrected chi connectivity index (χ1v) is 10.2. The van der Waals surface area contributed by atoms with E-state index in [1.807, 2.05) is 36.4 Å². The summed E-state index contributed by atoms with van der Waals surface area (Å²) >= 11 is 6.03. The van der Waals surface area contributed by atoms with E-state index in [-0.39, 0.29) is 11.7 Å². The number of furan rings is 1. The van der Waals surface area contributed by atoms with Gasteiger partial charge in [-0.05, 0) is 60.7 Å².